The fraction of sp³-hybridized carbons (Fsp3) is 0.111. The first-order valence-electron chi connectivity index (χ1n) is 3.61. The first-order valence-corrected chi connectivity index (χ1v) is 4.36. The highest BCUT2D eigenvalue weighted by atomic mass is 35.5. The van der Waals surface area contributed by atoms with E-state index in [0.717, 1.165) is 0 Å². The van der Waals surface area contributed by atoms with Gasteiger partial charge in [-0.1, -0.05) is 41.9 Å². The smallest absolute Gasteiger partial charge is 0.193 e. The van der Waals surface area contributed by atoms with Crippen LogP contribution in [0.25, 0.3) is 5.57 Å². The van der Waals surface area contributed by atoms with Crippen LogP contribution in [0.1, 0.15) is 5.56 Å². The number of hydrogen-bond acceptors (Lipinski definition) is 0. The molecule has 14 heavy (non-hydrogen) atoms. The molecule has 0 heterocycles. The van der Waals surface area contributed by atoms with Gasteiger partial charge < -0.3 is 0 Å². The van der Waals surface area contributed by atoms with Gasteiger partial charge in [-0.2, -0.15) is 13.2 Å². The van der Waals surface area contributed by atoms with Crippen molar-refractivity contribution in [1.29, 1.82) is 0 Å². The second-order valence-corrected chi connectivity index (χ2v) is 3.31. The lowest BCUT2D eigenvalue weighted by Gasteiger charge is -2.12. The van der Waals surface area contributed by atoms with Crippen LogP contribution in [-0.2, 0) is 0 Å². The highest BCUT2D eigenvalue weighted by Gasteiger charge is 2.35. The van der Waals surface area contributed by atoms with E-state index in [0.29, 0.717) is 0 Å². The van der Waals surface area contributed by atoms with E-state index in [4.69, 9.17) is 23.2 Å². The van der Waals surface area contributed by atoms with Gasteiger partial charge in [0.1, 0.15) is 0 Å². The van der Waals surface area contributed by atoms with Crippen molar-refractivity contribution in [3.05, 3.63) is 41.2 Å². The normalized spacial score (nSPS) is 13.8. The van der Waals surface area contributed by atoms with E-state index < -0.39 is 16.2 Å². The molecule has 0 N–H and O–H groups in total. The monoisotopic (exact) mass is 240 g/mol. The third-order valence-electron chi connectivity index (χ3n) is 1.53. The Balaban J connectivity index is 3.24. The molecule has 0 nitrogen and oxygen atoms in total. The van der Waals surface area contributed by atoms with Crippen molar-refractivity contribution in [3.63, 3.8) is 0 Å². The summed E-state index contributed by atoms with van der Waals surface area (Å²) in [6, 6.07) is 7.18. The van der Waals surface area contributed by atoms with Gasteiger partial charge in [0.05, 0.1) is 5.57 Å². The Morgan fingerprint density at radius 1 is 1.14 bits per heavy atom. The van der Waals surface area contributed by atoms with Crippen LogP contribution in [0.4, 0.5) is 13.2 Å². The summed E-state index contributed by atoms with van der Waals surface area (Å²) >= 11 is 9.62. The molecule has 0 saturated heterocycles. The molecule has 0 aliphatic rings. The molecule has 1 aromatic rings. The fourth-order valence-corrected chi connectivity index (χ4v) is 1.45. The number of rotatable bonds is 2. The van der Waals surface area contributed by atoms with Crippen molar-refractivity contribution in [2.45, 2.75) is 5.38 Å². The summed E-state index contributed by atoms with van der Waals surface area (Å²) in [5.74, 6) is 0. The second-order valence-electron chi connectivity index (χ2n) is 2.50. The summed E-state index contributed by atoms with van der Waals surface area (Å²) in [7, 11) is 0. The summed E-state index contributed by atoms with van der Waals surface area (Å²) in [5, 5.41) is -5.32. The van der Waals surface area contributed by atoms with Crippen molar-refractivity contribution in [2.24, 2.45) is 0 Å². The first kappa shape index (κ1) is 11.4. The summed E-state index contributed by atoms with van der Waals surface area (Å²) < 4.78 is 38.0. The maximum Gasteiger partial charge on any atom is 0.352 e. The van der Waals surface area contributed by atoms with Gasteiger partial charge in [0, 0.05) is 0 Å². The SMILES string of the molecule is F/C(Cl)=C(\c1ccccc1)C(F)(F)Cl. The first-order chi connectivity index (χ1) is 6.43. The molecule has 0 aromatic heterocycles. The number of hydrogen-bond donors (Lipinski definition) is 0. The molecule has 0 atom stereocenters. The van der Waals surface area contributed by atoms with E-state index in [-0.39, 0.29) is 5.56 Å². The summed E-state index contributed by atoms with van der Waals surface area (Å²) in [6.45, 7) is 0. The molecule has 0 aliphatic heterocycles. The van der Waals surface area contributed by atoms with E-state index >= 15 is 0 Å². The van der Waals surface area contributed by atoms with Crippen LogP contribution in [0.15, 0.2) is 35.6 Å². The van der Waals surface area contributed by atoms with Gasteiger partial charge in [-0.15, -0.1) is 0 Å². The summed E-state index contributed by atoms with van der Waals surface area (Å²) in [4.78, 5) is 0. The summed E-state index contributed by atoms with van der Waals surface area (Å²) in [5.41, 5.74) is -1.05. The van der Waals surface area contributed by atoms with Gasteiger partial charge in [-0.05, 0) is 17.2 Å². The minimum absolute atomic E-state index is 0.0417. The highest BCUT2D eigenvalue weighted by molar-refractivity contribution is 6.35. The predicted octanol–water partition coefficient (Wildman–Crippen LogP) is 4.40. The van der Waals surface area contributed by atoms with Crippen LogP contribution in [0.2, 0.25) is 0 Å². The van der Waals surface area contributed by atoms with Crippen molar-refractivity contribution in [2.75, 3.05) is 0 Å². The Labute approximate surface area is 88.9 Å². The third kappa shape index (κ3) is 2.66. The zero-order valence-corrected chi connectivity index (χ0v) is 8.29. The van der Waals surface area contributed by atoms with E-state index in [9.17, 15) is 13.2 Å². The Bertz CT molecular complexity index is 337. The van der Waals surface area contributed by atoms with Gasteiger partial charge in [-0.3, -0.25) is 0 Å². The lowest BCUT2D eigenvalue weighted by molar-refractivity contribution is 0.163. The van der Waals surface area contributed by atoms with Gasteiger partial charge in [-0.25, -0.2) is 0 Å². The van der Waals surface area contributed by atoms with Crippen molar-refractivity contribution >= 4 is 28.8 Å². The number of alkyl halides is 3. The Hall–Kier alpha value is -0.670. The van der Waals surface area contributed by atoms with Crippen LogP contribution < -0.4 is 0 Å². The van der Waals surface area contributed by atoms with Crippen LogP contribution >= 0.6 is 23.2 Å². The van der Waals surface area contributed by atoms with E-state index in [1.807, 2.05) is 0 Å². The van der Waals surface area contributed by atoms with Crippen LogP contribution in [-0.4, -0.2) is 5.38 Å². The van der Waals surface area contributed by atoms with Crippen molar-refractivity contribution < 1.29 is 13.2 Å². The van der Waals surface area contributed by atoms with E-state index in [1.54, 1.807) is 6.07 Å². The molecule has 0 fully saturated rings. The van der Waals surface area contributed by atoms with Crippen LogP contribution in [0.5, 0.6) is 0 Å². The molecule has 0 aliphatic carbocycles. The molecule has 0 radical (unpaired) electrons. The molecule has 5 heteroatoms. The highest BCUT2D eigenvalue weighted by Crippen LogP contribution is 2.39. The number of halogens is 5. The average molecular weight is 241 g/mol. The minimum Gasteiger partial charge on any atom is -0.193 e. The molecule has 0 saturated carbocycles. The molecule has 0 spiro atoms. The van der Waals surface area contributed by atoms with Gasteiger partial charge in [0.2, 0.25) is 0 Å². The Kier molecular flexibility index (Phi) is 3.45. The predicted molar refractivity (Wildman–Crippen MR) is 51.1 cm³/mol. The van der Waals surface area contributed by atoms with Crippen molar-refractivity contribution in [1.82, 2.24) is 0 Å². The Morgan fingerprint density at radius 2 is 1.64 bits per heavy atom. The van der Waals surface area contributed by atoms with Crippen LogP contribution in [0.3, 0.4) is 0 Å². The van der Waals surface area contributed by atoms with Gasteiger partial charge >= 0.3 is 5.38 Å². The van der Waals surface area contributed by atoms with E-state index in [1.165, 1.54) is 24.3 Å². The average Bonchev–Trinajstić information content (AvgIpc) is 2.02. The summed E-state index contributed by atoms with van der Waals surface area (Å²) in [6.07, 6.45) is 0. The topological polar surface area (TPSA) is 0 Å². The van der Waals surface area contributed by atoms with Crippen LogP contribution in [0, 0.1) is 0 Å². The molecule has 0 bridgehead atoms. The number of benzene rings is 1. The number of allylic oxidation sites excluding steroid dienone is 1. The lowest BCUT2D eigenvalue weighted by atomic mass is 10.1. The lowest BCUT2D eigenvalue weighted by Crippen LogP contribution is -2.09. The molecule has 0 amide bonds. The molecule has 1 rings (SSSR count). The van der Waals surface area contributed by atoms with Gasteiger partial charge in [0.25, 0.3) is 0 Å². The molecular weight excluding hydrogens is 236 g/mol. The quantitative estimate of drug-likeness (QED) is 0.673. The molecule has 76 valence electrons. The third-order valence-corrected chi connectivity index (χ3v) is 1.91. The molecular formula is C9H5Cl2F3. The largest absolute Gasteiger partial charge is 0.352 e. The maximum atomic E-state index is 12.7. The Morgan fingerprint density at radius 3 is 2.00 bits per heavy atom. The standard InChI is InChI=1S/C9H5Cl2F3/c10-8(12)7(9(11,13)14)6-4-2-1-3-5-6/h1-5H/b8-7+. The minimum atomic E-state index is -3.81. The zero-order chi connectivity index (χ0) is 10.8. The maximum absolute atomic E-state index is 12.7. The molecule has 1 aromatic carbocycles. The van der Waals surface area contributed by atoms with Crippen molar-refractivity contribution in [3.8, 4) is 0 Å². The second kappa shape index (κ2) is 4.24. The van der Waals surface area contributed by atoms with Gasteiger partial charge in [0.15, 0.2) is 5.29 Å². The zero-order valence-electron chi connectivity index (χ0n) is 6.78. The van der Waals surface area contributed by atoms with E-state index in [2.05, 4.69) is 0 Å². The fourth-order valence-electron chi connectivity index (χ4n) is 0.985. The molecule has 0 unspecified atom stereocenters.